The molecule has 3 rings (SSSR count). The number of rotatable bonds is 4. The number of nitrogens with one attached hydrogen (secondary N) is 3. The molecule has 0 aromatic heterocycles. The number of hydrogen-bond donors (Lipinski definition) is 4. The van der Waals surface area contributed by atoms with E-state index in [0.29, 0.717) is 11.4 Å². The highest BCUT2D eigenvalue weighted by Crippen LogP contribution is 2.25. The Morgan fingerprint density at radius 3 is 2.36 bits per heavy atom. The van der Waals surface area contributed by atoms with Crippen molar-refractivity contribution in [3.8, 4) is 0 Å². The second-order valence-corrected chi connectivity index (χ2v) is 5.66. The van der Waals surface area contributed by atoms with Crippen LogP contribution in [0, 0.1) is 0 Å². The predicted molar refractivity (Wildman–Crippen MR) is 93.2 cm³/mol. The molecule has 0 bridgehead atoms. The molecule has 7 nitrogen and oxygen atoms in total. The van der Waals surface area contributed by atoms with Gasteiger partial charge in [0.15, 0.2) is 0 Å². The van der Waals surface area contributed by atoms with Gasteiger partial charge in [-0.3, -0.25) is 4.79 Å². The number of hydrogen-bond acceptors (Lipinski definition) is 4. The van der Waals surface area contributed by atoms with Crippen LogP contribution in [0.1, 0.15) is 11.7 Å². The summed E-state index contributed by atoms with van der Waals surface area (Å²) in [7, 11) is 0. The van der Waals surface area contributed by atoms with Crippen molar-refractivity contribution >= 4 is 23.3 Å². The molecular weight excluding hydrogens is 322 g/mol. The molecule has 1 saturated heterocycles. The molecule has 1 fully saturated rings. The monoisotopic (exact) mass is 341 g/mol. The molecular formula is C18H19N3O4. The predicted octanol–water partition coefficient (Wildman–Crippen LogP) is 1.88. The van der Waals surface area contributed by atoms with Crippen molar-refractivity contribution in [1.82, 2.24) is 5.32 Å². The molecule has 0 saturated carbocycles. The van der Waals surface area contributed by atoms with Gasteiger partial charge in [0.2, 0.25) is 5.91 Å². The van der Waals surface area contributed by atoms with E-state index in [0.717, 1.165) is 5.56 Å². The van der Waals surface area contributed by atoms with Crippen molar-refractivity contribution in [3.63, 3.8) is 0 Å². The number of urea groups is 1. The van der Waals surface area contributed by atoms with E-state index >= 15 is 0 Å². The molecule has 2 aromatic rings. The number of anilines is 2. The summed E-state index contributed by atoms with van der Waals surface area (Å²) in [6.07, 6.45) is -0.421. The lowest BCUT2D eigenvalue weighted by molar-refractivity contribution is -0.138. The molecule has 0 radical (unpaired) electrons. The van der Waals surface area contributed by atoms with Crippen LogP contribution in [0.15, 0.2) is 54.6 Å². The molecule has 25 heavy (non-hydrogen) atoms. The Bertz CT molecular complexity index is 734. The van der Waals surface area contributed by atoms with Crippen molar-refractivity contribution in [2.45, 2.75) is 12.1 Å². The molecule has 2 unspecified atom stereocenters. The quantitative estimate of drug-likeness (QED) is 0.682. The Morgan fingerprint density at radius 1 is 1.08 bits per heavy atom. The van der Waals surface area contributed by atoms with Crippen LogP contribution >= 0.6 is 0 Å². The highest BCUT2D eigenvalue weighted by molar-refractivity contribution is 5.99. The fourth-order valence-corrected chi connectivity index (χ4v) is 2.65. The van der Waals surface area contributed by atoms with Crippen molar-refractivity contribution in [1.29, 1.82) is 0 Å². The van der Waals surface area contributed by atoms with Crippen LogP contribution in [0.3, 0.4) is 0 Å². The zero-order valence-electron chi connectivity index (χ0n) is 13.4. The maximum Gasteiger partial charge on any atom is 0.323 e. The molecule has 130 valence electrons. The lowest BCUT2D eigenvalue weighted by Gasteiger charge is -2.31. The van der Waals surface area contributed by atoms with Crippen LogP contribution in [0.4, 0.5) is 16.2 Å². The molecule has 7 heteroatoms. The van der Waals surface area contributed by atoms with Crippen molar-refractivity contribution in [2.75, 3.05) is 23.8 Å². The summed E-state index contributed by atoms with van der Waals surface area (Å²) in [5, 5.41) is 17.6. The Hall–Kier alpha value is -2.90. The lowest BCUT2D eigenvalue weighted by atomic mass is 10.0. The summed E-state index contributed by atoms with van der Waals surface area (Å²) in [5.41, 5.74) is 2.14. The topological polar surface area (TPSA) is 99.7 Å². The van der Waals surface area contributed by atoms with Crippen molar-refractivity contribution in [2.24, 2.45) is 0 Å². The van der Waals surface area contributed by atoms with E-state index in [4.69, 9.17) is 4.74 Å². The first kappa shape index (κ1) is 16.9. The van der Waals surface area contributed by atoms with Crippen molar-refractivity contribution in [3.05, 3.63) is 60.2 Å². The van der Waals surface area contributed by atoms with Gasteiger partial charge in [0.05, 0.1) is 12.6 Å². The molecule has 1 heterocycles. The van der Waals surface area contributed by atoms with Crippen LogP contribution in [0.25, 0.3) is 0 Å². The number of aliphatic hydroxyl groups excluding tert-OH is 1. The van der Waals surface area contributed by atoms with Gasteiger partial charge in [-0.2, -0.15) is 0 Å². The van der Waals surface area contributed by atoms with Crippen LogP contribution in [0.2, 0.25) is 0 Å². The fraction of sp³-hybridized carbons (Fsp3) is 0.222. The van der Waals surface area contributed by atoms with Gasteiger partial charge in [0.25, 0.3) is 0 Å². The maximum atomic E-state index is 12.0. The van der Waals surface area contributed by atoms with Crippen LogP contribution in [0.5, 0.6) is 0 Å². The third-order valence-electron chi connectivity index (χ3n) is 3.83. The van der Waals surface area contributed by atoms with Gasteiger partial charge in [0, 0.05) is 11.4 Å². The molecule has 0 aliphatic carbocycles. The van der Waals surface area contributed by atoms with Crippen LogP contribution in [-0.2, 0) is 9.53 Å². The molecule has 1 aliphatic heterocycles. The van der Waals surface area contributed by atoms with Gasteiger partial charge in [0.1, 0.15) is 12.7 Å². The molecule has 2 aromatic carbocycles. The highest BCUT2D eigenvalue weighted by Gasteiger charge is 2.30. The van der Waals surface area contributed by atoms with Gasteiger partial charge < -0.3 is 25.8 Å². The SMILES string of the molecule is O=C1COC(c2ccc(NC(=O)Nc3ccccc3)cc2)C(CO)N1. The highest BCUT2D eigenvalue weighted by atomic mass is 16.5. The van der Waals surface area contributed by atoms with Crippen LogP contribution < -0.4 is 16.0 Å². The van der Waals surface area contributed by atoms with E-state index in [1.54, 1.807) is 36.4 Å². The normalized spacial score (nSPS) is 19.8. The number of amides is 3. The summed E-state index contributed by atoms with van der Waals surface area (Å²) in [6, 6.07) is 15.4. The number of aliphatic hydroxyl groups is 1. The Balaban J connectivity index is 1.62. The first-order valence-corrected chi connectivity index (χ1v) is 7.90. The van der Waals surface area contributed by atoms with E-state index in [1.165, 1.54) is 0 Å². The number of carbonyl (C=O) groups excluding carboxylic acids is 2. The molecule has 0 spiro atoms. The fourth-order valence-electron chi connectivity index (χ4n) is 2.65. The number of ether oxygens (including phenoxy) is 1. The lowest BCUT2D eigenvalue weighted by Crippen LogP contribution is -2.49. The van der Waals surface area contributed by atoms with Gasteiger partial charge >= 0.3 is 6.03 Å². The zero-order chi connectivity index (χ0) is 17.6. The Morgan fingerprint density at radius 2 is 1.72 bits per heavy atom. The van der Waals surface area contributed by atoms with E-state index in [1.807, 2.05) is 18.2 Å². The van der Waals surface area contributed by atoms with E-state index in [9.17, 15) is 14.7 Å². The van der Waals surface area contributed by atoms with E-state index < -0.39 is 12.1 Å². The minimum Gasteiger partial charge on any atom is -0.394 e. The van der Waals surface area contributed by atoms with Crippen LogP contribution in [-0.4, -0.2) is 36.3 Å². The van der Waals surface area contributed by atoms with E-state index in [-0.39, 0.29) is 25.2 Å². The number of para-hydroxylation sites is 1. The molecule has 1 aliphatic rings. The standard InChI is InChI=1S/C18H19N3O4/c22-10-15-17(25-11-16(23)21-15)12-6-8-14(9-7-12)20-18(24)19-13-4-2-1-3-5-13/h1-9,15,17,22H,10-11H2,(H,21,23)(H2,19,20,24). The Kier molecular flexibility index (Phi) is 5.27. The van der Waals surface area contributed by atoms with Gasteiger partial charge in [-0.05, 0) is 29.8 Å². The Labute approximate surface area is 145 Å². The van der Waals surface area contributed by atoms with E-state index in [2.05, 4.69) is 16.0 Å². The average Bonchev–Trinajstić information content (AvgIpc) is 2.63. The molecule has 2 atom stereocenters. The summed E-state index contributed by atoms with van der Waals surface area (Å²) in [6.45, 7) is -0.253. The molecule has 4 N–H and O–H groups in total. The smallest absolute Gasteiger partial charge is 0.323 e. The summed E-state index contributed by atoms with van der Waals surface area (Å²) in [5.74, 6) is -0.244. The number of benzene rings is 2. The number of morpholine rings is 1. The minimum atomic E-state index is -0.485. The number of carbonyl (C=O) groups is 2. The van der Waals surface area contributed by atoms with Gasteiger partial charge in [-0.1, -0.05) is 30.3 Å². The first-order valence-electron chi connectivity index (χ1n) is 7.90. The largest absolute Gasteiger partial charge is 0.394 e. The average molecular weight is 341 g/mol. The summed E-state index contributed by atoms with van der Waals surface area (Å²) < 4.78 is 5.51. The maximum absolute atomic E-state index is 12.0. The zero-order valence-corrected chi connectivity index (χ0v) is 13.4. The second-order valence-electron chi connectivity index (χ2n) is 5.66. The minimum absolute atomic E-state index is 0.0410. The summed E-state index contributed by atoms with van der Waals surface area (Å²) in [4.78, 5) is 23.3. The third-order valence-corrected chi connectivity index (χ3v) is 3.83. The van der Waals surface area contributed by atoms with Gasteiger partial charge in [-0.15, -0.1) is 0 Å². The van der Waals surface area contributed by atoms with Crippen molar-refractivity contribution < 1.29 is 19.4 Å². The third kappa shape index (κ3) is 4.34. The first-order chi connectivity index (χ1) is 12.2. The summed E-state index contributed by atoms with van der Waals surface area (Å²) >= 11 is 0. The molecule has 3 amide bonds. The second kappa shape index (κ2) is 7.78. The van der Waals surface area contributed by atoms with Gasteiger partial charge in [-0.25, -0.2) is 4.79 Å².